The molecule has 2 aromatic rings. The monoisotopic (exact) mass is 464 g/mol. The molecule has 174 valence electrons. The number of rotatable bonds is 12. The molecule has 10 heteroatoms. The van der Waals surface area contributed by atoms with Gasteiger partial charge in [0, 0.05) is 31.4 Å². The third-order valence-corrected chi connectivity index (χ3v) is 5.36. The average Bonchev–Trinajstić information content (AvgIpc) is 2.77. The van der Waals surface area contributed by atoms with Crippen molar-refractivity contribution in [3.8, 4) is 17.2 Å². The highest BCUT2D eigenvalue weighted by Gasteiger charge is 2.16. The highest BCUT2D eigenvalue weighted by Crippen LogP contribution is 2.26. The fourth-order valence-corrected chi connectivity index (χ4v) is 3.52. The fraction of sp³-hybridized carbons (Fsp3) is 0.318. The van der Waals surface area contributed by atoms with E-state index in [0.29, 0.717) is 36.6 Å². The fourth-order valence-electron chi connectivity index (χ4n) is 2.80. The number of carbonyl (C=O) groups excluding carboxylic acids is 1. The van der Waals surface area contributed by atoms with E-state index in [2.05, 4.69) is 5.32 Å². The van der Waals surface area contributed by atoms with Crippen molar-refractivity contribution in [2.45, 2.75) is 11.3 Å². The van der Waals surface area contributed by atoms with Crippen LogP contribution in [0.15, 0.2) is 47.4 Å². The third-order valence-electron chi connectivity index (χ3n) is 4.43. The van der Waals surface area contributed by atoms with E-state index in [4.69, 9.17) is 24.1 Å². The Bertz CT molecular complexity index is 1050. The van der Waals surface area contributed by atoms with E-state index in [-0.39, 0.29) is 23.2 Å². The number of methoxy groups -OCH3 is 3. The van der Waals surface area contributed by atoms with Gasteiger partial charge in [-0.05, 0) is 42.3 Å². The zero-order valence-electron chi connectivity index (χ0n) is 18.3. The van der Waals surface area contributed by atoms with Crippen LogP contribution in [0, 0.1) is 0 Å². The Hall–Kier alpha value is -3.08. The van der Waals surface area contributed by atoms with Gasteiger partial charge in [-0.15, -0.1) is 0 Å². The number of carbonyl (C=O) groups is 1. The lowest BCUT2D eigenvalue weighted by atomic mass is 10.1. The van der Waals surface area contributed by atoms with E-state index in [1.54, 1.807) is 43.5 Å². The van der Waals surface area contributed by atoms with Crippen LogP contribution in [0.1, 0.15) is 11.1 Å². The molecule has 0 aromatic heterocycles. The number of amides is 1. The zero-order chi connectivity index (χ0) is 23.6. The van der Waals surface area contributed by atoms with Gasteiger partial charge in [0.25, 0.3) is 0 Å². The molecule has 0 fully saturated rings. The van der Waals surface area contributed by atoms with Crippen LogP contribution < -0.4 is 24.7 Å². The Labute approximate surface area is 188 Å². The second kappa shape index (κ2) is 12.1. The number of nitrogens with two attached hydrogens (primary N) is 1. The van der Waals surface area contributed by atoms with Gasteiger partial charge in [0.1, 0.15) is 28.8 Å². The van der Waals surface area contributed by atoms with Crippen LogP contribution in [0.5, 0.6) is 17.2 Å². The topological polar surface area (TPSA) is 126 Å². The van der Waals surface area contributed by atoms with E-state index in [9.17, 15) is 13.2 Å². The van der Waals surface area contributed by atoms with E-state index in [0.717, 1.165) is 5.56 Å². The Morgan fingerprint density at radius 2 is 1.81 bits per heavy atom. The number of primary sulfonamides is 1. The van der Waals surface area contributed by atoms with Crippen molar-refractivity contribution in [2.75, 3.05) is 41.1 Å². The molecule has 2 aromatic carbocycles. The maximum Gasteiger partial charge on any atom is 0.244 e. The highest BCUT2D eigenvalue weighted by molar-refractivity contribution is 7.89. The molecule has 0 atom stereocenters. The number of hydrogen-bond acceptors (Lipinski definition) is 7. The minimum Gasteiger partial charge on any atom is -0.497 e. The van der Waals surface area contributed by atoms with Crippen LogP contribution in [0.3, 0.4) is 0 Å². The summed E-state index contributed by atoms with van der Waals surface area (Å²) in [5.41, 5.74) is 1.42. The predicted octanol–water partition coefficient (Wildman–Crippen LogP) is 1.75. The molecule has 1 amide bonds. The van der Waals surface area contributed by atoms with Crippen LogP contribution in [-0.4, -0.2) is 55.4 Å². The summed E-state index contributed by atoms with van der Waals surface area (Å²) in [4.78, 5) is 12.0. The molecular formula is C22H28N2O7S. The van der Waals surface area contributed by atoms with Crippen LogP contribution >= 0.6 is 0 Å². The average molecular weight is 465 g/mol. The van der Waals surface area contributed by atoms with Gasteiger partial charge in [-0.1, -0.05) is 6.07 Å². The lowest BCUT2D eigenvalue weighted by Crippen LogP contribution is -2.23. The van der Waals surface area contributed by atoms with Crippen molar-refractivity contribution in [1.82, 2.24) is 5.32 Å². The van der Waals surface area contributed by atoms with Crippen molar-refractivity contribution >= 4 is 22.0 Å². The van der Waals surface area contributed by atoms with Crippen molar-refractivity contribution in [1.29, 1.82) is 0 Å². The van der Waals surface area contributed by atoms with Gasteiger partial charge < -0.3 is 24.3 Å². The molecule has 0 bridgehead atoms. The molecule has 3 N–H and O–H groups in total. The van der Waals surface area contributed by atoms with Gasteiger partial charge in [0.05, 0.1) is 20.8 Å². The van der Waals surface area contributed by atoms with Gasteiger partial charge in [-0.2, -0.15) is 0 Å². The largest absolute Gasteiger partial charge is 0.497 e. The van der Waals surface area contributed by atoms with E-state index >= 15 is 0 Å². The summed E-state index contributed by atoms with van der Waals surface area (Å²) in [6.45, 7) is 0.810. The lowest BCUT2D eigenvalue weighted by molar-refractivity contribution is -0.116. The summed E-state index contributed by atoms with van der Waals surface area (Å²) >= 11 is 0. The van der Waals surface area contributed by atoms with Crippen molar-refractivity contribution < 1.29 is 32.2 Å². The predicted molar refractivity (Wildman–Crippen MR) is 120 cm³/mol. The summed E-state index contributed by atoms with van der Waals surface area (Å²) < 4.78 is 44.6. The summed E-state index contributed by atoms with van der Waals surface area (Å²) in [5, 5.41) is 8.06. The molecule has 32 heavy (non-hydrogen) atoms. The van der Waals surface area contributed by atoms with Crippen LogP contribution in [0.2, 0.25) is 0 Å². The molecule has 0 radical (unpaired) electrons. The Balaban J connectivity index is 1.98. The van der Waals surface area contributed by atoms with Crippen LogP contribution in [0.25, 0.3) is 6.08 Å². The van der Waals surface area contributed by atoms with Gasteiger partial charge >= 0.3 is 0 Å². The maximum absolute atomic E-state index is 12.1. The second-order valence-corrected chi connectivity index (χ2v) is 8.18. The SMILES string of the molecule is COCCOc1ccc(CCNC(=O)C=Cc2ccc(OC)cc2OC)cc1S(N)(=O)=O. The summed E-state index contributed by atoms with van der Waals surface area (Å²) in [5.74, 6) is 1.09. The summed E-state index contributed by atoms with van der Waals surface area (Å²) in [7, 11) is 0.646. The molecule has 0 saturated carbocycles. The van der Waals surface area contributed by atoms with Gasteiger partial charge in [0.2, 0.25) is 15.9 Å². The van der Waals surface area contributed by atoms with Crippen LogP contribution in [0.4, 0.5) is 0 Å². The molecule has 0 aliphatic heterocycles. The smallest absolute Gasteiger partial charge is 0.244 e. The zero-order valence-corrected chi connectivity index (χ0v) is 19.1. The first-order valence-corrected chi connectivity index (χ1v) is 11.3. The van der Waals surface area contributed by atoms with Crippen LogP contribution in [-0.2, 0) is 26.0 Å². The Morgan fingerprint density at radius 1 is 1.03 bits per heavy atom. The van der Waals surface area contributed by atoms with Crippen molar-refractivity contribution in [3.63, 3.8) is 0 Å². The third kappa shape index (κ3) is 7.56. The van der Waals surface area contributed by atoms with Gasteiger partial charge in [-0.3, -0.25) is 4.79 Å². The highest BCUT2D eigenvalue weighted by atomic mass is 32.2. The summed E-state index contributed by atoms with van der Waals surface area (Å²) in [6, 6.07) is 9.99. The van der Waals surface area contributed by atoms with Gasteiger partial charge in [-0.25, -0.2) is 13.6 Å². The summed E-state index contributed by atoms with van der Waals surface area (Å²) in [6.07, 6.45) is 3.44. The lowest BCUT2D eigenvalue weighted by Gasteiger charge is -2.12. The number of sulfonamides is 1. The van der Waals surface area contributed by atoms with E-state index in [1.165, 1.54) is 26.4 Å². The van der Waals surface area contributed by atoms with E-state index < -0.39 is 10.0 Å². The molecule has 0 unspecified atom stereocenters. The van der Waals surface area contributed by atoms with Gasteiger partial charge in [0.15, 0.2) is 0 Å². The minimum absolute atomic E-state index is 0.107. The normalized spacial score (nSPS) is 11.4. The number of benzene rings is 2. The number of nitrogens with one attached hydrogen (secondary N) is 1. The molecule has 0 heterocycles. The molecule has 0 spiro atoms. The first-order valence-electron chi connectivity index (χ1n) is 9.74. The molecule has 9 nitrogen and oxygen atoms in total. The number of ether oxygens (including phenoxy) is 4. The molecule has 0 aliphatic carbocycles. The first-order chi connectivity index (χ1) is 15.3. The maximum atomic E-state index is 12.1. The van der Waals surface area contributed by atoms with E-state index in [1.807, 2.05) is 0 Å². The second-order valence-electron chi connectivity index (χ2n) is 6.65. The molecular weight excluding hydrogens is 436 g/mol. The molecule has 0 saturated heterocycles. The van der Waals surface area contributed by atoms with Crippen molar-refractivity contribution in [2.24, 2.45) is 5.14 Å². The molecule has 2 rings (SSSR count). The minimum atomic E-state index is -3.97. The van der Waals surface area contributed by atoms with Crippen molar-refractivity contribution in [3.05, 3.63) is 53.6 Å². The Morgan fingerprint density at radius 3 is 2.47 bits per heavy atom. The number of hydrogen-bond donors (Lipinski definition) is 2. The first kappa shape index (κ1) is 25.2. The quantitative estimate of drug-likeness (QED) is 0.362. The molecule has 0 aliphatic rings. The standard InChI is InChI=1S/C22H28N2O7S/c1-28-12-13-31-19-8-4-16(14-21(19)32(23,26)27)10-11-24-22(25)9-6-17-5-7-18(29-2)15-20(17)30-3/h4-9,14-15H,10-13H2,1-3H3,(H,24,25)(H2,23,26,27). The Kier molecular flexibility index (Phi) is 9.51.